The number of methoxy groups -OCH3 is 1. The van der Waals surface area contributed by atoms with Gasteiger partial charge in [-0.25, -0.2) is 0 Å². The van der Waals surface area contributed by atoms with Gasteiger partial charge in [-0.3, -0.25) is 9.59 Å². The lowest BCUT2D eigenvalue weighted by atomic mass is 9.95. The van der Waals surface area contributed by atoms with E-state index in [1.165, 1.54) is 0 Å². The number of carbonyl (C=O) groups is 2. The minimum absolute atomic E-state index is 0.0578. The lowest BCUT2D eigenvalue weighted by Gasteiger charge is -2.28. The van der Waals surface area contributed by atoms with Gasteiger partial charge in [-0.2, -0.15) is 0 Å². The largest absolute Gasteiger partial charge is 0.507 e. The summed E-state index contributed by atoms with van der Waals surface area (Å²) in [4.78, 5) is 30.5. The van der Waals surface area contributed by atoms with Crippen LogP contribution in [-0.2, 0) is 9.59 Å². The van der Waals surface area contributed by atoms with Crippen molar-refractivity contribution in [2.45, 2.75) is 53.0 Å². The van der Waals surface area contributed by atoms with E-state index < -0.39 is 17.7 Å². The summed E-state index contributed by atoms with van der Waals surface area (Å²) in [5.74, 6) is 0.224. The molecule has 1 fully saturated rings. The Morgan fingerprint density at radius 3 is 2.28 bits per heavy atom. The van der Waals surface area contributed by atoms with Crippen LogP contribution in [0.15, 0.2) is 48.0 Å². The van der Waals surface area contributed by atoms with E-state index in [1.807, 2.05) is 19.1 Å². The maximum Gasteiger partial charge on any atom is 0.295 e. The average Bonchev–Trinajstić information content (AvgIpc) is 3.21. The van der Waals surface area contributed by atoms with Gasteiger partial charge in [0.25, 0.3) is 11.7 Å². The fraction of sp³-hybridized carbons (Fsp3) is 0.484. The molecule has 1 aliphatic heterocycles. The Bertz CT molecular complexity index is 1140. The smallest absolute Gasteiger partial charge is 0.295 e. The minimum atomic E-state index is -0.768. The van der Waals surface area contributed by atoms with Crippen LogP contribution in [0.5, 0.6) is 17.2 Å². The highest BCUT2D eigenvalue weighted by Gasteiger charge is 2.46. The highest BCUT2D eigenvalue weighted by Crippen LogP contribution is 2.42. The Balaban J connectivity index is 2.05. The summed E-state index contributed by atoms with van der Waals surface area (Å²) >= 11 is 0. The van der Waals surface area contributed by atoms with Crippen LogP contribution in [-0.4, -0.2) is 73.1 Å². The van der Waals surface area contributed by atoms with Crippen molar-refractivity contribution in [2.24, 2.45) is 0 Å². The second-order valence-corrected chi connectivity index (χ2v) is 9.44. The number of ether oxygens (including phenoxy) is 3. The summed E-state index contributed by atoms with van der Waals surface area (Å²) < 4.78 is 17.1. The number of amides is 1. The molecule has 1 unspecified atom stereocenters. The first-order chi connectivity index (χ1) is 18.9. The molecule has 1 N–H and O–H groups in total. The number of rotatable bonds is 15. The number of unbranched alkanes of at least 4 members (excludes halogenated alkanes) is 2. The maximum absolute atomic E-state index is 13.4. The predicted molar refractivity (Wildman–Crippen MR) is 152 cm³/mol. The molecule has 2 aromatic rings. The van der Waals surface area contributed by atoms with Crippen molar-refractivity contribution in [1.82, 2.24) is 9.80 Å². The average molecular weight is 539 g/mol. The van der Waals surface area contributed by atoms with Gasteiger partial charge in [-0.1, -0.05) is 39.7 Å². The molecule has 8 nitrogen and oxygen atoms in total. The number of likely N-dealkylation sites (N-methyl/N-ethyl adjacent to an activating group) is 1. The van der Waals surface area contributed by atoms with E-state index in [0.717, 1.165) is 32.4 Å². The van der Waals surface area contributed by atoms with Crippen LogP contribution >= 0.6 is 0 Å². The maximum atomic E-state index is 13.4. The highest BCUT2D eigenvalue weighted by molar-refractivity contribution is 6.46. The zero-order valence-electron chi connectivity index (χ0n) is 23.9. The fourth-order valence-corrected chi connectivity index (χ4v) is 4.79. The molecule has 1 heterocycles. The Morgan fingerprint density at radius 2 is 1.67 bits per heavy atom. The molecule has 0 saturated carbocycles. The van der Waals surface area contributed by atoms with Crippen molar-refractivity contribution in [2.75, 3.05) is 46.5 Å². The molecule has 212 valence electrons. The summed E-state index contributed by atoms with van der Waals surface area (Å²) in [5, 5.41) is 11.4. The topological polar surface area (TPSA) is 88.5 Å². The van der Waals surface area contributed by atoms with Gasteiger partial charge in [0, 0.05) is 18.7 Å². The van der Waals surface area contributed by atoms with Crippen LogP contribution in [0.4, 0.5) is 0 Å². The normalized spacial score (nSPS) is 16.7. The molecular formula is C31H42N2O6. The van der Waals surface area contributed by atoms with Crippen LogP contribution in [0.25, 0.3) is 5.76 Å². The van der Waals surface area contributed by atoms with Gasteiger partial charge in [0.05, 0.1) is 31.9 Å². The number of benzene rings is 2. The molecule has 8 heteroatoms. The number of Topliss-reactive ketones (excluding diaryl/α,β-unsaturated/α-hetero) is 1. The summed E-state index contributed by atoms with van der Waals surface area (Å²) in [6.07, 6.45) is 3.11. The van der Waals surface area contributed by atoms with E-state index in [2.05, 4.69) is 25.7 Å². The van der Waals surface area contributed by atoms with Crippen molar-refractivity contribution in [3.63, 3.8) is 0 Å². The lowest BCUT2D eigenvalue weighted by molar-refractivity contribution is -0.140. The second-order valence-electron chi connectivity index (χ2n) is 9.44. The van der Waals surface area contributed by atoms with Crippen LogP contribution in [0.3, 0.4) is 0 Å². The number of hydrogen-bond donors (Lipinski definition) is 1. The van der Waals surface area contributed by atoms with Crippen molar-refractivity contribution >= 4 is 17.4 Å². The first-order valence-corrected chi connectivity index (χ1v) is 13.9. The van der Waals surface area contributed by atoms with Crippen LogP contribution in [0.1, 0.15) is 64.1 Å². The third-order valence-corrected chi connectivity index (χ3v) is 7.04. The third kappa shape index (κ3) is 7.12. The van der Waals surface area contributed by atoms with Gasteiger partial charge < -0.3 is 29.1 Å². The zero-order chi connectivity index (χ0) is 28.4. The molecule has 0 radical (unpaired) electrons. The molecular weight excluding hydrogens is 496 g/mol. The zero-order valence-corrected chi connectivity index (χ0v) is 23.9. The molecule has 0 aromatic heterocycles. The van der Waals surface area contributed by atoms with E-state index >= 15 is 0 Å². The summed E-state index contributed by atoms with van der Waals surface area (Å²) in [7, 11) is 1.56. The summed E-state index contributed by atoms with van der Waals surface area (Å²) in [6, 6.07) is 11.5. The van der Waals surface area contributed by atoms with Crippen LogP contribution in [0.2, 0.25) is 0 Å². The second kappa shape index (κ2) is 14.6. The first-order valence-electron chi connectivity index (χ1n) is 13.9. The molecule has 1 atom stereocenters. The Morgan fingerprint density at radius 1 is 0.949 bits per heavy atom. The fourth-order valence-electron chi connectivity index (χ4n) is 4.79. The molecule has 1 aliphatic rings. The number of likely N-dealkylation sites (tertiary alicyclic amines) is 1. The molecule has 0 spiro atoms. The quantitative estimate of drug-likeness (QED) is 0.140. The van der Waals surface area contributed by atoms with Crippen molar-refractivity contribution in [1.29, 1.82) is 0 Å². The summed E-state index contributed by atoms with van der Waals surface area (Å²) in [5.41, 5.74) is 1.16. The van der Waals surface area contributed by atoms with E-state index in [0.29, 0.717) is 54.7 Å². The molecule has 0 aliphatic carbocycles. The number of aliphatic hydroxyl groups is 1. The van der Waals surface area contributed by atoms with Crippen molar-refractivity contribution in [3.8, 4) is 17.2 Å². The summed E-state index contributed by atoms with van der Waals surface area (Å²) in [6.45, 7) is 11.8. The van der Waals surface area contributed by atoms with E-state index in [1.54, 1.807) is 42.3 Å². The molecule has 2 aromatic carbocycles. The number of hydrogen-bond acceptors (Lipinski definition) is 7. The number of nitrogens with zero attached hydrogens (tertiary/aromatic N) is 2. The molecule has 1 amide bonds. The van der Waals surface area contributed by atoms with Crippen molar-refractivity contribution < 1.29 is 28.9 Å². The number of ketones is 1. The van der Waals surface area contributed by atoms with E-state index in [4.69, 9.17) is 14.2 Å². The van der Waals surface area contributed by atoms with Gasteiger partial charge in [-0.15, -0.1) is 0 Å². The number of aliphatic hydroxyl groups excluding tert-OH is 1. The molecule has 0 bridgehead atoms. The third-order valence-electron chi connectivity index (χ3n) is 7.04. The number of carbonyl (C=O) groups excluding carboxylic acids is 2. The van der Waals surface area contributed by atoms with E-state index in [9.17, 15) is 14.7 Å². The van der Waals surface area contributed by atoms with Gasteiger partial charge in [0.1, 0.15) is 11.5 Å². The Kier molecular flexibility index (Phi) is 11.2. The van der Waals surface area contributed by atoms with E-state index in [-0.39, 0.29) is 11.3 Å². The van der Waals surface area contributed by atoms with Gasteiger partial charge in [0.2, 0.25) is 0 Å². The lowest BCUT2D eigenvalue weighted by Crippen LogP contribution is -2.38. The standard InChI is InChI=1S/C31H42N2O6/c1-6-10-11-20-39-25-17-14-23(21-26(25)37-5)28-27(29(34)22-12-15-24(16-13-22)38-9-4)30(35)31(36)33(28)19-18-32(7-2)8-3/h12-17,21,28,34H,6-11,18-20H2,1-5H3/b29-27+. The first kappa shape index (κ1) is 30.0. The predicted octanol–water partition coefficient (Wildman–Crippen LogP) is 5.43. The molecule has 1 saturated heterocycles. The van der Waals surface area contributed by atoms with Gasteiger partial charge in [0.15, 0.2) is 11.5 Å². The van der Waals surface area contributed by atoms with Crippen molar-refractivity contribution in [3.05, 3.63) is 59.2 Å². The van der Waals surface area contributed by atoms with Gasteiger partial charge >= 0.3 is 0 Å². The molecule has 39 heavy (non-hydrogen) atoms. The van der Waals surface area contributed by atoms with Gasteiger partial charge in [-0.05, 0) is 68.4 Å². The van der Waals surface area contributed by atoms with Crippen LogP contribution in [0, 0.1) is 0 Å². The SMILES string of the molecule is CCCCCOc1ccc(C2/C(=C(\O)c3ccc(OCC)cc3)C(=O)C(=O)N2CCN(CC)CC)cc1OC. The Hall–Kier alpha value is -3.52. The van der Waals surface area contributed by atoms with Crippen LogP contribution < -0.4 is 14.2 Å². The Labute approximate surface area is 232 Å². The monoisotopic (exact) mass is 538 g/mol. The minimum Gasteiger partial charge on any atom is -0.507 e. The highest BCUT2D eigenvalue weighted by atomic mass is 16.5. The molecule has 3 rings (SSSR count).